The molecule has 0 radical (unpaired) electrons. The predicted molar refractivity (Wildman–Crippen MR) is 81.6 cm³/mol. The largest absolute Gasteiger partial charge is 0.466 e. The van der Waals surface area contributed by atoms with Gasteiger partial charge in [0.15, 0.2) is 0 Å². The summed E-state index contributed by atoms with van der Waals surface area (Å²) < 4.78 is 11.8. The van der Waals surface area contributed by atoms with Crippen LogP contribution < -0.4 is 11.3 Å². The summed E-state index contributed by atoms with van der Waals surface area (Å²) in [5.74, 6) is 10.7. The lowest BCUT2D eigenvalue weighted by atomic mass is 9.79. The van der Waals surface area contributed by atoms with E-state index in [4.69, 9.17) is 15.0 Å². The smallest absolute Gasteiger partial charge is 0.105 e. The summed E-state index contributed by atoms with van der Waals surface area (Å²) >= 11 is 2.01. The maximum atomic E-state index is 6.11. The SMILES string of the molecule is Cc1cc(C(NN)C2CCOC3(CCSC3)C2)c(C)o1. The zero-order valence-corrected chi connectivity index (χ0v) is 13.1. The topological polar surface area (TPSA) is 60.4 Å². The van der Waals surface area contributed by atoms with Crippen molar-refractivity contribution < 1.29 is 9.15 Å². The number of hydrogen-bond acceptors (Lipinski definition) is 5. The van der Waals surface area contributed by atoms with Gasteiger partial charge in [0.2, 0.25) is 0 Å². The molecule has 2 fully saturated rings. The summed E-state index contributed by atoms with van der Waals surface area (Å²) in [5.41, 5.74) is 4.33. The van der Waals surface area contributed by atoms with Crippen molar-refractivity contribution in [3.05, 3.63) is 23.2 Å². The molecule has 3 unspecified atom stereocenters. The Labute approximate surface area is 124 Å². The lowest BCUT2D eigenvalue weighted by Gasteiger charge is -2.40. The highest BCUT2D eigenvalue weighted by molar-refractivity contribution is 7.99. The lowest BCUT2D eigenvalue weighted by molar-refractivity contribution is -0.0855. The standard InChI is InChI=1S/C15H24N2O2S/c1-10-7-13(11(2)19-10)14(17-16)12-3-5-18-15(8-12)4-6-20-9-15/h7,12,14,17H,3-6,8-9,16H2,1-2H3. The number of furan rings is 1. The molecule has 4 nitrogen and oxygen atoms in total. The van der Waals surface area contributed by atoms with Crippen molar-refractivity contribution in [2.45, 2.75) is 44.8 Å². The van der Waals surface area contributed by atoms with Gasteiger partial charge in [-0.05, 0) is 50.8 Å². The van der Waals surface area contributed by atoms with E-state index in [-0.39, 0.29) is 11.6 Å². The highest BCUT2D eigenvalue weighted by Gasteiger charge is 2.43. The number of aryl methyl sites for hydroxylation is 2. The second-order valence-corrected chi connectivity index (χ2v) is 7.21. The molecule has 0 bridgehead atoms. The fraction of sp³-hybridized carbons (Fsp3) is 0.733. The van der Waals surface area contributed by atoms with Gasteiger partial charge in [-0.15, -0.1) is 0 Å². The first-order valence-corrected chi connectivity index (χ1v) is 8.54. The first-order valence-electron chi connectivity index (χ1n) is 7.38. The van der Waals surface area contributed by atoms with Crippen molar-refractivity contribution in [1.29, 1.82) is 0 Å². The van der Waals surface area contributed by atoms with Gasteiger partial charge in [-0.1, -0.05) is 0 Å². The molecule has 20 heavy (non-hydrogen) atoms. The Morgan fingerprint density at radius 2 is 2.35 bits per heavy atom. The van der Waals surface area contributed by atoms with Gasteiger partial charge in [0.05, 0.1) is 11.6 Å². The minimum absolute atomic E-state index is 0.0926. The quantitative estimate of drug-likeness (QED) is 0.663. The zero-order valence-electron chi connectivity index (χ0n) is 12.3. The van der Waals surface area contributed by atoms with E-state index >= 15 is 0 Å². The molecule has 5 heteroatoms. The molecule has 0 saturated carbocycles. The van der Waals surface area contributed by atoms with Gasteiger partial charge in [-0.3, -0.25) is 11.3 Å². The van der Waals surface area contributed by atoms with Crippen molar-refractivity contribution >= 4 is 11.8 Å². The van der Waals surface area contributed by atoms with Crippen LogP contribution in [0, 0.1) is 19.8 Å². The minimum Gasteiger partial charge on any atom is -0.466 e. The molecule has 1 aromatic rings. The van der Waals surface area contributed by atoms with Crippen LogP contribution >= 0.6 is 11.8 Å². The molecule has 2 aliphatic heterocycles. The van der Waals surface area contributed by atoms with Crippen LogP contribution in [0.25, 0.3) is 0 Å². The Morgan fingerprint density at radius 1 is 1.50 bits per heavy atom. The maximum absolute atomic E-state index is 6.11. The van der Waals surface area contributed by atoms with Gasteiger partial charge < -0.3 is 9.15 Å². The van der Waals surface area contributed by atoms with Gasteiger partial charge in [0.25, 0.3) is 0 Å². The second kappa shape index (κ2) is 5.72. The van der Waals surface area contributed by atoms with Crippen LogP contribution in [0.3, 0.4) is 0 Å². The molecule has 3 N–H and O–H groups in total. The Morgan fingerprint density at radius 3 is 2.95 bits per heavy atom. The van der Waals surface area contributed by atoms with E-state index in [2.05, 4.69) is 11.5 Å². The molecule has 0 amide bonds. The van der Waals surface area contributed by atoms with E-state index in [1.54, 1.807) is 0 Å². The molecule has 3 atom stereocenters. The monoisotopic (exact) mass is 296 g/mol. The van der Waals surface area contributed by atoms with Crippen molar-refractivity contribution in [2.24, 2.45) is 11.8 Å². The molecule has 0 aromatic carbocycles. The molecule has 112 valence electrons. The summed E-state index contributed by atoms with van der Waals surface area (Å²) in [5, 5.41) is 0. The highest BCUT2D eigenvalue weighted by Crippen LogP contribution is 2.44. The maximum Gasteiger partial charge on any atom is 0.105 e. The van der Waals surface area contributed by atoms with Gasteiger partial charge in [-0.2, -0.15) is 11.8 Å². The van der Waals surface area contributed by atoms with Crippen molar-refractivity contribution in [3.8, 4) is 0 Å². The van der Waals surface area contributed by atoms with Gasteiger partial charge in [0, 0.05) is 17.9 Å². The molecule has 2 aliphatic rings. The van der Waals surface area contributed by atoms with Crippen LogP contribution in [-0.4, -0.2) is 23.7 Å². The second-order valence-electron chi connectivity index (χ2n) is 6.10. The Hall–Kier alpha value is -0.490. The van der Waals surface area contributed by atoms with Crippen LogP contribution in [0.1, 0.15) is 42.4 Å². The number of nitrogens with two attached hydrogens (primary N) is 1. The molecule has 1 aromatic heterocycles. The summed E-state index contributed by atoms with van der Waals surface area (Å²) in [7, 11) is 0. The fourth-order valence-corrected chi connectivity index (χ4v) is 5.03. The van der Waals surface area contributed by atoms with Gasteiger partial charge in [0.1, 0.15) is 11.5 Å². The van der Waals surface area contributed by atoms with E-state index in [0.717, 1.165) is 36.7 Å². The minimum atomic E-state index is 0.0926. The van der Waals surface area contributed by atoms with Gasteiger partial charge in [-0.25, -0.2) is 0 Å². The first-order chi connectivity index (χ1) is 9.63. The van der Waals surface area contributed by atoms with Crippen LogP contribution in [0.15, 0.2) is 10.5 Å². The van der Waals surface area contributed by atoms with Crippen LogP contribution in [0.2, 0.25) is 0 Å². The summed E-state index contributed by atoms with van der Waals surface area (Å²) in [6.45, 7) is 4.86. The third-order valence-electron chi connectivity index (χ3n) is 4.66. The average Bonchev–Trinajstić information content (AvgIpc) is 2.99. The van der Waals surface area contributed by atoms with E-state index in [1.165, 1.54) is 17.7 Å². The number of hydrogen-bond donors (Lipinski definition) is 2. The summed E-state index contributed by atoms with van der Waals surface area (Å²) in [6.07, 6.45) is 3.33. The van der Waals surface area contributed by atoms with E-state index in [9.17, 15) is 0 Å². The van der Waals surface area contributed by atoms with E-state index in [1.807, 2.05) is 25.6 Å². The Balaban J connectivity index is 1.80. The number of nitrogens with one attached hydrogen (secondary N) is 1. The van der Waals surface area contributed by atoms with Crippen LogP contribution in [0.4, 0.5) is 0 Å². The lowest BCUT2D eigenvalue weighted by Crippen LogP contribution is -2.45. The number of ether oxygens (including phenoxy) is 1. The molecule has 2 saturated heterocycles. The molecular weight excluding hydrogens is 272 g/mol. The third kappa shape index (κ3) is 2.64. The first kappa shape index (κ1) is 14.4. The Kier molecular flexibility index (Phi) is 4.13. The Bertz CT molecular complexity index is 468. The molecular formula is C15H24N2O2S. The van der Waals surface area contributed by atoms with Gasteiger partial charge >= 0.3 is 0 Å². The van der Waals surface area contributed by atoms with Crippen LogP contribution in [0.5, 0.6) is 0 Å². The number of rotatable bonds is 3. The third-order valence-corrected chi connectivity index (χ3v) is 5.89. The van der Waals surface area contributed by atoms with E-state index < -0.39 is 0 Å². The van der Waals surface area contributed by atoms with Crippen LogP contribution in [-0.2, 0) is 4.74 Å². The summed E-state index contributed by atoms with van der Waals surface area (Å²) in [6, 6.07) is 2.28. The van der Waals surface area contributed by atoms with E-state index in [0.29, 0.717) is 5.92 Å². The fourth-order valence-electron chi connectivity index (χ4n) is 3.65. The number of thioether (sulfide) groups is 1. The zero-order chi connectivity index (χ0) is 14.2. The van der Waals surface area contributed by atoms with Crippen molar-refractivity contribution in [1.82, 2.24) is 5.43 Å². The normalized spacial score (nSPS) is 31.9. The average molecular weight is 296 g/mol. The van der Waals surface area contributed by atoms with Crippen molar-refractivity contribution in [3.63, 3.8) is 0 Å². The molecule has 0 aliphatic carbocycles. The molecule has 1 spiro atoms. The molecule has 3 rings (SSSR count). The molecule has 3 heterocycles. The predicted octanol–water partition coefficient (Wildman–Crippen LogP) is 2.70. The highest BCUT2D eigenvalue weighted by atomic mass is 32.2. The van der Waals surface area contributed by atoms with Crippen molar-refractivity contribution in [2.75, 3.05) is 18.1 Å². The number of hydrazine groups is 1. The summed E-state index contributed by atoms with van der Waals surface area (Å²) in [4.78, 5) is 0.